The Balaban J connectivity index is 1.68. The number of carbonyl (C=O) groups is 1. The molecule has 2 aliphatic heterocycles. The molecule has 7 nitrogen and oxygen atoms in total. The third kappa shape index (κ3) is 3.82. The number of aliphatic imine (C=N–C) groups is 1. The van der Waals surface area contributed by atoms with Crippen molar-refractivity contribution in [2.24, 2.45) is 4.99 Å². The lowest BCUT2D eigenvalue weighted by molar-refractivity contribution is -0.110. The SMILES string of the molecule is O=C1C=Cc2c/c(=C3/C=CCC=N3)c(=O)oc2=C1CN1CCN(CCO)CC1. The van der Waals surface area contributed by atoms with Crippen LogP contribution in [0.3, 0.4) is 0 Å². The van der Waals surface area contributed by atoms with E-state index in [0.29, 0.717) is 35.0 Å². The molecule has 3 heterocycles. The normalized spacial score (nSPS) is 22.0. The number of β-amino-alcohol motifs (C(OH)–C–C–N with tert-alkyl or cyclic N) is 1. The van der Waals surface area contributed by atoms with E-state index in [0.717, 1.165) is 38.2 Å². The number of fused-ring (bicyclic) bond motifs is 1. The number of hydrogen-bond acceptors (Lipinski definition) is 7. The Hall–Kier alpha value is -2.61. The Morgan fingerprint density at radius 2 is 1.86 bits per heavy atom. The monoisotopic (exact) mass is 381 g/mol. The highest BCUT2D eigenvalue weighted by Crippen LogP contribution is 2.12. The molecule has 146 valence electrons. The van der Waals surface area contributed by atoms with Crippen LogP contribution in [0, 0.1) is 0 Å². The van der Waals surface area contributed by atoms with Crippen LogP contribution in [-0.4, -0.2) is 72.8 Å². The fourth-order valence-electron chi connectivity index (χ4n) is 3.68. The van der Waals surface area contributed by atoms with Gasteiger partial charge in [0.2, 0.25) is 0 Å². The highest BCUT2D eigenvalue weighted by atomic mass is 16.4. The Morgan fingerprint density at radius 3 is 2.57 bits per heavy atom. The van der Waals surface area contributed by atoms with Crippen LogP contribution in [0.5, 0.6) is 0 Å². The number of carbonyl (C=O) groups excluding carboxylic acids is 1. The maximum absolute atomic E-state index is 12.6. The predicted octanol–water partition coefficient (Wildman–Crippen LogP) is -0.865. The van der Waals surface area contributed by atoms with E-state index in [-0.39, 0.29) is 12.4 Å². The molecule has 4 rings (SSSR count). The minimum absolute atomic E-state index is 0.121. The van der Waals surface area contributed by atoms with Gasteiger partial charge in [0.1, 0.15) is 5.42 Å². The smallest absolute Gasteiger partial charge is 0.345 e. The van der Waals surface area contributed by atoms with Crippen LogP contribution in [0.2, 0.25) is 0 Å². The van der Waals surface area contributed by atoms with Crippen LogP contribution in [0.1, 0.15) is 12.0 Å². The summed E-state index contributed by atoms with van der Waals surface area (Å²) in [5, 5.41) is 9.47. The van der Waals surface area contributed by atoms with Gasteiger partial charge < -0.3 is 9.52 Å². The highest BCUT2D eigenvalue weighted by molar-refractivity contribution is 6.24. The number of hydrogen-bond donors (Lipinski definition) is 1. The molecule has 7 heteroatoms. The van der Waals surface area contributed by atoms with Crippen LogP contribution in [0.4, 0.5) is 0 Å². The Kier molecular flexibility index (Phi) is 5.47. The molecule has 1 N–H and O–H groups in total. The van der Waals surface area contributed by atoms with E-state index in [1.807, 2.05) is 12.2 Å². The fourth-order valence-corrected chi connectivity index (χ4v) is 3.68. The number of nitrogens with zero attached hydrogens (tertiary/aromatic N) is 3. The zero-order chi connectivity index (χ0) is 19.5. The van der Waals surface area contributed by atoms with Gasteiger partial charge in [-0.05, 0) is 24.3 Å². The van der Waals surface area contributed by atoms with Gasteiger partial charge in [0.05, 0.1) is 23.1 Å². The number of piperazine rings is 1. The molecule has 1 aromatic heterocycles. The summed E-state index contributed by atoms with van der Waals surface area (Å²) < 4.78 is 5.60. The zero-order valence-corrected chi connectivity index (χ0v) is 15.6. The number of aliphatic hydroxyl groups is 1. The minimum atomic E-state index is -0.481. The lowest BCUT2D eigenvalue weighted by Gasteiger charge is -2.34. The van der Waals surface area contributed by atoms with E-state index in [2.05, 4.69) is 14.8 Å². The lowest BCUT2D eigenvalue weighted by atomic mass is 10.0. The molecule has 0 atom stereocenters. The first-order chi connectivity index (χ1) is 13.7. The van der Waals surface area contributed by atoms with Crippen molar-refractivity contribution in [3.63, 3.8) is 0 Å². The third-order valence-electron chi connectivity index (χ3n) is 5.25. The molecule has 0 saturated carbocycles. The van der Waals surface area contributed by atoms with Gasteiger partial charge in [-0.15, -0.1) is 0 Å². The van der Waals surface area contributed by atoms with Crippen molar-refractivity contribution in [1.29, 1.82) is 0 Å². The van der Waals surface area contributed by atoms with Gasteiger partial charge in [0.25, 0.3) is 0 Å². The summed E-state index contributed by atoms with van der Waals surface area (Å²) in [6.45, 7) is 4.56. The van der Waals surface area contributed by atoms with Crippen molar-refractivity contribution < 1.29 is 14.3 Å². The Morgan fingerprint density at radius 1 is 1.07 bits per heavy atom. The summed E-state index contributed by atoms with van der Waals surface area (Å²) in [5.74, 6) is -0.121. The van der Waals surface area contributed by atoms with E-state index in [9.17, 15) is 9.59 Å². The molecular weight excluding hydrogens is 358 g/mol. The van der Waals surface area contributed by atoms with E-state index >= 15 is 0 Å². The summed E-state index contributed by atoms with van der Waals surface area (Å²) in [6, 6.07) is 1.76. The second-order valence-electron chi connectivity index (χ2n) is 7.08. The van der Waals surface area contributed by atoms with Crippen LogP contribution in [0.15, 0.2) is 38.5 Å². The van der Waals surface area contributed by atoms with Gasteiger partial charge >= 0.3 is 5.63 Å². The average Bonchev–Trinajstić information content (AvgIpc) is 2.72. The van der Waals surface area contributed by atoms with Crippen LogP contribution in [0.25, 0.3) is 17.3 Å². The third-order valence-corrected chi connectivity index (χ3v) is 5.25. The van der Waals surface area contributed by atoms with E-state index < -0.39 is 5.63 Å². The molecule has 0 spiro atoms. The van der Waals surface area contributed by atoms with Crippen LogP contribution in [-0.2, 0) is 4.79 Å². The second-order valence-corrected chi connectivity index (χ2v) is 7.08. The average molecular weight is 381 g/mol. The number of aliphatic hydroxyl groups excluding tert-OH is 1. The molecule has 3 aliphatic rings. The van der Waals surface area contributed by atoms with Gasteiger partial charge in [-0.1, -0.05) is 6.08 Å². The van der Waals surface area contributed by atoms with Crippen LogP contribution >= 0.6 is 0 Å². The molecule has 1 saturated heterocycles. The number of ketones is 1. The van der Waals surface area contributed by atoms with Crippen molar-refractivity contribution in [3.05, 3.63) is 50.9 Å². The standard InChI is InChI=1S/C21H23N3O4/c25-12-11-23-7-9-24(10-8-23)14-17-19(26)5-4-15-13-16(21(27)28-20(15)17)18-3-1-2-6-22-18/h1,3-6,13,25H,2,7-12,14H2/b18-16+. The molecular formula is C21H23N3O4. The summed E-state index contributed by atoms with van der Waals surface area (Å²) in [4.78, 5) is 33.7. The fraction of sp³-hybridized carbons (Fsp3) is 0.381. The topological polar surface area (TPSA) is 86.4 Å². The minimum Gasteiger partial charge on any atom is -0.422 e. The van der Waals surface area contributed by atoms with E-state index in [1.165, 1.54) is 6.08 Å². The van der Waals surface area contributed by atoms with Gasteiger partial charge in [-0.3, -0.25) is 19.6 Å². The maximum Gasteiger partial charge on any atom is 0.345 e. The number of dihydropyridines is 1. The first-order valence-corrected chi connectivity index (χ1v) is 9.54. The number of rotatable bonds is 4. The molecule has 0 aromatic carbocycles. The Bertz CT molecular complexity index is 1030. The van der Waals surface area contributed by atoms with E-state index in [4.69, 9.17) is 9.52 Å². The molecule has 1 aromatic rings. The first kappa shape index (κ1) is 18.7. The van der Waals surface area contributed by atoms with Crippen molar-refractivity contribution in [3.8, 4) is 0 Å². The van der Waals surface area contributed by atoms with Crippen LogP contribution < -0.4 is 16.3 Å². The molecule has 0 amide bonds. The van der Waals surface area contributed by atoms with E-state index in [1.54, 1.807) is 18.4 Å². The largest absolute Gasteiger partial charge is 0.422 e. The molecule has 0 unspecified atom stereocenters. The van der Waals surface area contributed by atoms with Gasteiger partial charge in [-0.2, -0.15) is 0 Å². The summed E-state index contributed by atoms with van der Waals surface area (Å²) in [7, 11) is 0. The zero-order valence-electron chi connectivity index (χ0n) is 15.6. The number of allylic oxidation sites excluding steroid dienone is 2. The summed E-state index contributed by atoms with van der Waals surface area (Å²) in [6.07, 6.45) is 9.48. The molecule has 0 radical (unpaired) electrons. The first-order valence-electron chi connectivity index (χ1n) is 9.54. The maximum atomic E-state index is 12.6. The van der Waals surface area contributed by atoms with Gasteiger partial charge in [-0.25, -0.2) is 4.79 Å². The summed E-state index contributed by atoms with van der Waals surface area (Å²) in [5.41, 5.74) is 1.71. The quantitative estimate of drug-likeness (QED) is 0.730. The molecule has 28 heavy (non-hydrogen) atoms. The molecule has 0 bridgehead atoms. The lowest BCUT2D eigenvalue weighted by Crippen LogP contribution is -2.48. The summed E-state index contributed by atoms with van der Waals surface area (Å²) >= 11 is 0. The molecule has 1 fully saturated rings. The van der Waals surface area contributed by atoms with Crippen molar-refractivity contribution in [1.82, 2.24) is 9.80 Å². The predicted molar refractivity (Wildman–Crippen MR) is 107 cm³/mol. The second kappa shape index (κ2) is 8.18. The Labute approximate surface area is 162 Å². The van der Waals surface area contributed by atoms with Crippen molar-refractivity contribution in [2.75, 3.05) is 45.9 Å². The molecule has 1 aliphatic carbocycles. The van der Waals surface area contributed by atoms with Crippen molar-refractivity contribution in [2.45, 2.75) is 6.42 Å². The highest BCUT2D eigenvalue weighted by Gasteiger charge is 2.23. The van der Waals surface area contributed by atoms with Gasteiger partial charge in [0, 0.05) is 57.5 Å². The van der Waals surface area contributed by atoms with Crippen molar-refractivity contribution >= 4 is 29.3 Å². The van der Waals surface area contributed by atoms with Gasteiger partial charge in [0.15, 0.2) is 5.78 Å².